The van der Waals surface area contributed by atoms with Gasteiger partial charge in [0.15, 0.2) is 92.5 Å². The van der Waals surface area contributed by atoms with Gasteiger partial charge in [-0.1, -0.05) is 0 Å². The molecule has 16 heterocycles. The van der Waals surface area contributed by atoms with Crippen molar-refractivity contribution in [3.8, 4) is 46.0 Å². The first-order valence-corrected chi connectivity index (χ1v) is 45.0. The number of ether oxygens (including phenoxy) is 7. The van der Waals surface area contributed by atoms with Crippen molar-refractivity contribution in [1.29, 1.82) is 0 Å². The van der Waals surface area contributed by atoms with E-state index >= 15 is 13.2 Å². The number of H-pyrrole nitrogens is 4. The summed E-state index contributed by atoms with van der Waals surface area (Å²) in [5.41, 5.74) is 8.64. The van der Waals surface area contributed by atoms with Crippen LogP contribution in [0.4, 0.5) is 99.8 Å². The zero-order valence-electron chi connectivity index (χ0n) is 78.6. The monoisotopic (exact) mass is 1970 g/mol. The molecule has 4 aromatic carbocycles. The minimum atomic E-state index is -1.32. The number of urea groups is 4. The predicted molar refractivity (Wildman–Crippen MR) is 504 cm³/mol. The summed E-state index contributed by atoms with van der Waals surface area (Å²) in [7, 11) is 5.74. The first-order chi connectivity index (χ1) is 68.2. The van der Waals surface area contributed by atoms with Gasteiger partial charge < -0.3 is 93.6 Å². The fraction of sp³-hybridized carbons (Fsp3) is 0.394. The lowest BCUT2D eigenvalue weighted by molar-refractivity contribution is -0.0980. The highest BCUT2D eigenvalue weighted by atomic mass is 19.2. The van der Waals surface area contributed by atoms with E-state index in [1.807, 2.05) is 38.0 Å². The number of aromatic hydroxyl groups is 5. The smallest absolute Gasteiger partial charge is 0.329 e. The van der Waals surface area contributed by atoms with Gasteiger partial charge in [-0.15, -0.1) is 0 Å². The molecule has 141 heavy (non-hydrogen) atoms. The molecule has 11 N–H and O–H groups in total. The number of nitrogens with zero attached hydrogens (tertiary/aromatic N) is 16. The molecule has 39 nitrogen and oxygen atoms in total. The quantitative estimate of drug-likeness (QED) is 0.0335. The van der Waals surface area contributed by atoms with Gasteiger partial charge in [-0.05, 0) is 52.0 Å². The summed E-state index contributed by atoms with van der Waals surface area (Å²) in [6.07, 6.45) is 6.37. The number of pyridine rings is 4. The molecule has 8 aromatic heterocycles. The molecule has 8 aliphatic heterocycles. The first-order valence-electron chi connectivity index (χ1n) is 45.0. The molecular weight excluding hydrogens is 1870 g/mol. The summed E-state index contributed by atoms with van der Waals surface area (Å²) < 4.78 is 156. The first kappa shape index (κ1) is 103. The van der Waals surface area contributed by atoms with Crippen LogP contribution in [-0.4, -0.2) is 293 Å². The Morgan fingerprint density at radius 2 is 0.511 bits per heavy atom. The lowest BCUT2D eigenvalue weighted by Crippen LogP contribution is -2.48. The van der Waals surface area contributed by atoms with Gasteiger partial charge in [0.05, 0.1) is 123 Å². The van der Waals surface area contributed by atoms with Crippen LogP contribution in [0.3, 0.4) is 0 Å². The van der Waals surface area contributed by atoms with Crippen molar-refractivity contribution in [2.24, 2.45) is 0 Å². The summed E-state index contributed by atoms with van der Waals surface area (Å²) >= 11 is 0. The van der Waals surface area contributed by atoms with Crippen LogP contribution < -0.4 is 53.4 Å². The van der Waals surface area contributed by atoms with Crippen molar-refractivity contribution in [2.75, 3.05) is 206 Å². The van der Waals surface area contributed by atoms with Crippen LogP contribution in [0.15, 0.2) is 73.3 Å². The van der Waals surface area contributed by atoms with E-state index in [0.29, 0.717) is 165 Å². The van der Waals surface area contributed by atoms with Gasteiger partial charge in [0.25, 0.3) is 0 Å². The molecule has 0 spiro atoms. The van der Waals surface area contributed by atoms with Crippen molar-refractivity contribution >= 4 is 121 Å². The lowest BCUT2D eigenvalue weighted by Gasteiger charge is -2.37. The molecule has 0 saturated carbocycles. The zero-order valence-corrected chi connectivity index (χ0v) is 78.6. The van der Waals surface area contributed by atoms with Gasteiger partial charge in [0.1, 0.15) is 52.1 Å². The molecule has 8 amide bonds. The fourth-order valence-electron chi connectivity index (χ4n) is 18.2. The number of morpholine rings is 4. The number of benzene rings is 4. The summed E-state index contributed by atoms with van der Waals surface area (Å²) in [4.78, 5) is 112. The fourth-order valence-corrected chi connectivity index (χ4v) is 18.2. The normalized spacial score (nSPS) is 16.3. The standard InChI is InChI=1S/C24H27F2N5O4.C23H25F2N5O4.2C22H23F2N5O4.2CH4O.CH2O/c1-4-30-21-14(11-27-23-16(21)9-15(28-23)13-29-5-7-35-8-6-29)12-31(24(30)32)22-19(25)17(33-2)10-18(34-3)20(22)26;1-3-29-20-13(10-26-22-15(20)8-14(27-22)12-28-4-6-34-7-5-28)11-30(23(29)32)21-18(24)16(31)9-17(33-2)19(21)25;2*1-2-28-19-12(10-29(22(28)32)20-17(23)15(30)8-16(31)18(20)24)9-25-21-14(19)7-13(26-21)11-27-3-5-33-6-4-27;3*1-2/h9-11H,4-8,12-13H2,1-3H3,(H,27,28);8-10,31H,3-7,11-12H2,1-2H3,(H,26,27);2*7-9,30-31H,2-6,10-11H2,1H3,(H,25,26);2*2H,1H3;1H2. The maximum Gasteiger partial charge on any atom is 0.329 e. The third-order valence-corrected chi connectivity index (χ3v) is 24.8. The average Bonchev–Trinajstić information content (AvgIpc) is 1.73. The minimum Gasteiger partial charge on any atom is -0.505 e. The summed E-state index contributed by atoms with van der Waals surface area (Å²) in [6.45, 7) is 24.5. The van der Waals surface area contributed by atoms with Crippen molar-refractivity contribution in [3.05, 3.63) is 165 Å². The maximum absolute atomic E-state index is 15.2. The van der Waals surface area contributed by atoms with Gasteiger partial charge in [-0.25, -0.2) is 74.2 Å². The number of anilines is 8. The van der Waals surface area contributed by atoms with E-state index in [9.17, 15) is 66.7 Å². The molecule has 47 heteroatoms. The Balaban J connectivity index is 0.000000147. The number of aliphatic hydroxyl groups excluding tert-OH is 2. The third kappa shape index (κ3) is 20.4. The number of aromatic nitrogens is 8. The number of aromatic amines is 4. The molecule has 0 aliphatic carbocycles. The van der Waals surface area contributed by atoms with E-state index in [1.54, 1.807) is 45.6 Å². The largest absolute Gasteiger partial charge is 0.505 e. The van der Waals surface area contributed by atoms with Gasteiger partial charge in [0, 0.05) is 235 Å². The number of carbonyl (C=O) groups is 5. The Kier molecular flexibility index (Phi) is 32.7. The number of rotatable bonds is 19. The highest BCUT2D eigenvalue weighted by Crippen LogP contribution is 2.49. The second kappa shape index (κ2) is 45.0. The van der Waals surface area contributed by atoms with Crippen LogP contribution in [0, 0.1) is 46.5 Å². The number of phenols is 5. The summed E-state index contributed by atoms with van der Waals surface area (Å²) in [6, 6.07) is 8.47. The number of amides is 8. The molecule has 0 atom stereocenters. The topological polar surface area (TPSA) is 445 Å². The van der Waals surface area contributed by atoms with Gasteiger partial charge in [-0.3, -0.25) is 58.8 Å². The van der Waals surface area contributed by atoms with Crippen LogP contribution >= 0.6 is 0 Å². The van der Waals surface area contributed by atoms with Crippen molar-refractivity contribution in [2.45, 2.75) is 80.1 Å². The van der Waals surface area contributed by atoms with Gasteiger partial charge in [0.2, 0.25) is 0 Å². The summed E-state index contributed by atoms with van der Waals surface area (Å²) in [5, 5.41) is 65.9. The van der Waals surface area contributed by atoms with Crippen LogP contribution in [0.1, 0.15) is 72.7 Å². The second-order valence-electron chi connectivity index (χ2n) is 32.9. The molecule has 754 valence electrons. The number of fused-ring (bicyclic) bond motifs is 12. The van der Waals surface area contributed by atoms with E-state index in [4.69, 9.17) is 48.2 Å². The molecular formula is C94H108F8N20O19. The molecule has 0 bridgehead atoms. The van der Waals surface area contributed by atoms with Crippen LogP contribution in [-0.2, 0) is 76.1 Å². The molecule has 4 fully saturated rings. The lowest BCUT2D eigenvalue weighted by atomic mass is 10.1. The third-order valence-electron chi connectivity index (χ3n) is 24.8. The Labute approximate surface area is 801 Å². The zero-order chi connectivity index (χ0) is 101. The van der Waals surface area contributed by atoms with E-state index in [1.165, 1.54) is 40.9 Å². The maximum atomic E-state index is 15.2. The Morgan fingerprint density at radius 3 is 0.723 bits per heavy atom. The molecule has 4 saturated heterocycles. The Morgan fingerprint density at radius 1 is 0.312 bits per heavy atom. The van der Waals surface area contributed by atoms with Gasteiger partial charge >= 0.3 is 24.1 Å². The van der Waals surface area contributed by atoms with Crippen molar-refractivity contribution in [1.82, 2.24) is 59.5 Å². The number of phenolic OH excluding ortho intramolecular Hbond substituents is 5. The van der Waals surface area contributed by atoms with E-state index < -0.39 is 122 Å². The highest BCUT2D eigenvalue weighted by molar-refractivity contribution is 6.15. The van der Waals surface area contributed by atoms with Crippen molar-refractivity contribution in [3.63, 3.8) is 0 Å². The van der Waals surface area contributed by atoms with E-state index in [0.717, 1.165) is 143 Å². The molecule has 20 rings (SSSR count). The number of carbonyl (C=O) groups excluding carboxylic acids is 5. The SMILES string of the molecule is C=O.CCN1C(=O)N(c2c(F)c(O)cc(O)c2F)Cc2cnc3[nH]c(CN4CCOCC4)cc3c21.CCN1C(=O)N(c2c(F)c(O)cc(O)c2F)Cc2cnc3[nH]c(CN4CCOCC4)cc3c21.CCN1C(=O)N(c2c(F)c(O)cc(OC)c2F)Cc2cnc3[nH]c(CN4CCOCC4)cc3c21.CCN1C(=O)N(c2c(F)c(OC)cc(OC)c2F)Cc2cnc3[nH]c(CN4CCOCC4)cc3c21.CO.CO. The molecule has 0 unspecified atom stereocenters. The molecule has 0 radical (unpaired) electrons. The molecule has 8 aliphatic rings. The Bertz CT molecular complexity index is 6320. The number of halogens is 8. The summed E-state index contributed by atoms with van der Waals surface area (Å²) in [5.74, 6) is -14.9. The van der Waals surface area contributed by atoms with Crippen LogP contribution in [0.25, 0.3) is 44.1 Å². The van der Waals surface area contributed by atoms with E-state index in [-0.39, 0.29) is 63.1 Å². The molecule has 12 aromatic rings. The predicted octanol–water partition coefficient (Wildman–Crippen LogP) is 12.1. The number of hydrogen-bond acceptors (Lipinski definition) is 27. The average molecular weight is 1970 g/mol. The number of aliphatic hydroxyl groups is 2. The number of hydrogen-bond donors (Lipinski definition) is 11. The minimum absolute atomic E-state index is 0.0538. The number of methoxy groups -OCH3 is 3. The Hall–Kier alpha value is -14.2. The van der Waals surface area contributed by atoms with Crippen LogP contribution in [0.2, 0.25) is 0 Å². The van der Waals surface area contributed by atoms with E-state index in [2.05, 4.69) is 59.5 Å². The highest BCUT2D eigenvalue weighted by Gasteiger charge is 2.44. The van der Waals surface area contributed by atoms with Gasteiger partial charge in [-0.2, -0.15) is 0 Å². The van der Waals surface area contributed by atoms with Crippen molar-refractivity contribution < 1.29 is 128 Å². The second-order valence-corrected chi connectivity index (χ2v) is 32.9. The van der Waals surface area contributed by atoms with Crippen LogP contribution in [0.5, 0.6) is 46.0 Å². The number of nitrogens with one attached hydrogen (secondary N) is 4.